The molecule has 2 atom stereocenters. The summed E-state index contributed by atoms with van der Waals surface area (Å²) in [4.78, 5) is 24.9. The number of nitrogens with two attached hydrogens (primary N) is 1. The van der Waals surface area contributed by atoms with Crippen molar-refractivity contribution in [1.29, 1.82) is 0 Å². The highest BCUT2D eigenvalue weighted by Gasteiger charge is 2.25. The maximum Gasteiger partial charge on any atom is 0.221 e. The van der Waals surface area contributed by atoms with Gasteiger partial charge in [0.25, 0.3) is 0 Å². The summed E-state index contributed by atoms with van der Waals surface area (Å²) in [7, 11) is 0. The van der Waals surface area contributed by atoms with Crippen LogP contribution in [0.15, 0.2) is 0 Å². The van der Waals surface area contributed by atoms with E-state index in [0.29, 0.717) is 13.1 Å². The molecule has 0 aromatic rings. The highest BCUT2D eigenvalue weighted by Crippen LogP contribution is 2.16. The summed E-state index contributed by atoms with van der Waals surface area (Å²) >= 11 is 0. The number of likely N-dealkylation sites (tertiary alicyclic amines) is 1. The lowest BCUT2D eigenvalue weighted by Crippen LogP contribution is -2.43. The lowest BCUT2D eigenvalue weighted by molar-refractivity contribution is -0.127. The molecular formula is C12H22N2O2. The van der Waals surface area contributed by atoms with Crippen LogP contribution in [0.3, 0.4) is 0 Å². The first-order chi connectivity index (χ1) is 7.54. The maximum absolute atomic E-state index is 11.8. The molecule has 1 amide bonds. The quantitative estimate of drug-likeness (QED) is 0.754. The summed E-state index contributed by atoms with van der Waals surface area (Å²) in [5.74, 6) is 0.0840. The summed E-state index contributed by atoms with van der Waals surface area (Å²) in [5, 5.41) is 0. The van der Waals surface area contributed by atoms with Crippen molar-refractivity contribution in [3.8, 4) is 0 Å². The van der Waals surface area contributed by atoms with Gasteiger partial charge in [-0.2, -0.15) is 0 Å². The van der Waals surface area contributed by atoms with Gasteiger partial charge in [-0.3, -0.25) is 14.5 Å². The number of hydrogen-bond acceptors (Lipinski definition) is 3. The third-order valence-corrected chi connectivity index (χ3v) is 3.45. The van der Waals surface area contributed by atoms with Gasteiger partial charge in [0, 0.05) is 12.5 Å². The largest absolute Gasteiger partial charge is 0.369 e. The Morgan fingerprint density at radius 3 is 2.75 bits per heavy atom. The van der Waals surface area contributed by atoms with Crippen molar-refractivity contribution in [2.24, 2.45) is 17.6 Å². The summed E-state index contributed by atoms with van der Waals surface area (Å²) in [6.45, 7) is 6.01. The summed E-state index contributed by atoms with van der Waals surface area (Å²) in [5.41, 5.74) is 5.30. The number of ketones is 1. The van der Waals surface area contributed by atoms with E-state index < -0.39 is 0 Å². The second kappa shape index (κ2) is 5.99. The average molecular weight is 226 g/mol. The minimum atomic E-state index is -0.235. The average Bonchev–Trinajstić information content (AvgIpc) is 2.28. The molecule has 1 rings (SSSR count). The number of rotatable bonds is 5. The minimum absolute atomic E-state index is 0.0708. The van der Waals surface area contributed by atoms with Crippen LogP contribution in [0, 0.1) is 11.8 Å². The molecule has 0 aromatic heterocycles. The molecule has 0 saturated carbocycles. The smallest absolute Gasteiger partial charge is 0.221 e. The third-order valence-electron chi connectivity index (χ3n) is 3.45. The molecular weight excluding hydrogens is 204 g/mol. The van der Waals surface area contributed by atoms with Crippen LogP contribution in [0.1, 0.15) is 33.1 Å². The molecule has 4 heteroatoms. The van der Waals surface area contributed by atoms with Crippen LogP contribution in [0.25, 0.3) is 0 Å². The van der Waals surface area contributed by atoms with E-state index in [9.17, 15) is 9.59 Å². The van der Waals surface area contributed by atoms with Crippen molar-refractivity contribution in [2.45, 2.75) is 33.1 Å². The third kappa shape index (κ3) is 3.59. The Hall–Kier alpha value is -0.900. The molecule has 1 fully saturated rings. The number of hydrogen-bond donors (Lipinski definition) is 1. The molecule has 92 valence electrons. The van der Waals surface area contributed by atoms with Gasteiger partial charge in [-0.25, -0.2) is 0 Å². The number of primary amides is 1. The molecule has 0 spiro atoms. The molecule has 2 N–H and O–H groups in total. The van der Waals surface area contributed by atoms with Crippen molar-refractivity contribution in [1.82, 2.24) is 4.90 Å². The van der Waals surface area contributed by atoms with E-state index in [1.807, 2.05) is 13.8 Å². The Kier molecular flexibility index (Phi) is 4.93. The van der Waals surface area contributed by atoms with Gasteiger partial charge < -0.3 is 5.73 Å². The highest BCUT2D eigenvalue weighted by molar-refractivity contribution is 5.82. The Labute approximate surface area is 97.2 Å². The number of carbonyl (C=O) groups is 2. The molecule has 16 heavy (non-hydrogen) atoms. The van der Waals surface area contributed by atoms with E-state index >= 15 is 0 Å². The Balaban J connectivity index is 2.43. The van der Waals surface area contributed by atoms with Crippen LogP contribution >= 0.6 is 0 Å². The zero-order valence-electron chi connectivity index (χ0n) is 10.2. The lowest BCUT2D eigenvalue weighted by atomic mass is 9.96. The normalized spacial score (nSPS) is 24.0. The molecule has 0 bridgehead atoms. The molecule has 2 unspecified atom stereocenters. The van der Waals surface area contributed by atoms with Crippen LogP contribution in [0.2, 0.25) is 0 Å². The predicted octanol–water partition coefficient (Wildman–Crippen LogP) is 0.799. The van der Waals surface area contributed by atoms with Crippen molar-refractivity contribution >= 4 is 11.7 Å². The van der Waals surface area contributed by atoms with Crippen LogP contribution in [0.5, 0.6) is 0 Å². The molecule has 0 aliphatic carbocycles. The minimum Gasteiger partial charge on any atom is -0.369 e. The fraction of sp³-hybridized carbons (Fsp3) is 0.833. The molecule has 0 radical (unpaired) electrons. The number of amides is 1. The molecule has 1 aliphatic heterocycles. The van der Waals surface area contributed by atoms with Crippen molar-refractivity contribution in [2.75, 3.05) is 19.6 Å². The van der Waals surface area contributed by atoms with E-state index in [-0.39, 0.29) is 23.5 Å². The summed E-state index contributed by atoms with van der Waals surface area (Å²) < 4.78 is 0. The van der Waals surface area contributed by atoms with Crippen molar-refractivity contribution in [3.63, 3.8) is 0 Å². The van der Waals surface area contributed by atoms with Crippen LogP contribution < -0.4 is 5.73 Å². The fourth-order valence-corrected chi connectivity index (χ4v) is 2.04. The van der Waals surface area contributed by atoms with Gasteiger partial charge in [-0.1, -0.05) is 13.8 Å². The zero-order chi connectivity index (χ0) is 12.1. The first-order valence-electron chi connectivity index (χ1n) is 6.09. The highest BCUT2D eigenvalue weighted by atomic mass is 16.1. The molecule has 1 saturated heterocycles. The molecule has 1 heterocycles. The topological polar surface area (TPSA) is 63.4 Å². The Bertz CT molecular complexity index is 266. The standard InChI is InChI=1S/C12H22N2O2/c1-3-9(2)11(15)8-14-6-4-5-10(7-14)12(13)16/h9-10H,3-8H2,1-2H3,(H2,13,16). The van der Waals surface area contributed by atoms with E-state index in [0.717, 1.165) is 25.8 Å². The second-order valence-electron chi connectivity index (χ2n) is 4.75. The SMILES string of the molecule is CCC(C)C(=O)CN1CCCC(C(N)=O)C1. The van der Waals surface area contributed by atoms with Crippen LogP contribution in [0.4, 0.5) is 0 Å². The molecule has 0 aromatic carbocycles. The van der Waals surface area contributed by atoms with Crippen molar-refractivity contribution in [3.05, 3.63) is 0 Å². The monoisotopic (exact) mass is 226 g/mol. The Morgan fingerprint density at radius 2 is 2.19 bits per heavy atom. The van der Waals surface area contributed by atoms with Gasteiger partial charge in [0.05, 0.1) is 12.5 Å². The van der Waals surface area contributed by atoms with Crippen LogP contribution in [-0.4, -0.2) is 36.2 Å². The van der Waals surface area contributed by atoms with Gasteiger partial charge in [-0.15, -0.1) is 0 Å². The number of piperidine rings is 1. The van der Waals surface area contributed by atoms with Gasteiger partial charge in [0.15, 0.2) is 0 Å². The van der Waals surface area contributed by atoms with E-state index in [1.165, 1.54) is 0 Å². The summed E-state index contributed by atoms with van der Waals surface area (Å²) in [6, 6.07) is 0. The number of Topliss-reactive ketones (excluding diaryl/α,β-unsaturated/α-hetero) is 1. The van der Waals surface area contributed by atoms with Gasteiger partial charge in [-0.05, 0) is 25.8 Å². The first-order valence-corrected chi connectivity index (χ1v) is 6.09. The van der Waals surface area contributed by atoms with Crippen molar-refractivity contribution < 1.29 is 9.59 Å². The lowest BCUT2D eigenvalue weighted by Gasteiger charge is -2.31. The first kappa shape index (κ1) is 13.2. The van der Waals surface area contributed by atoms with E-state index in [2.05, 4.69) is 4.90 Å². The van der Waals surface area contributed by atoms with Crippen LogP contribution in [-0.2, 0) is 9.59 Å². The second-order valence-corrected chi connectivity index (χ2v) is 4.75. The van der Waals surface area contributed by atoms with Gasteiger partial charge in [0.2, 0.25) is 5.91 Å². The number of carbonyl (C=O) groups excluding carboxylic acids is 2. The van der Waals surface area contributed by atoms with Gasteiger partial charge >= 0.3 is 0 Å². The molecule has 1 aliphatic rings. The summed E-state index contributed by atoms with van der Waals surface area (Å²) in [6.07, 6.45) is 2.71. The zero-order valence-corrected chi connectivity index (χ0v) is 10.2. The fourth-order valence-electron chi connectivity index (χ4n) is 2.04. The van der Waals surface area contributed by atoms with E-state index in [4.69, 9.17) is 5.73 Å². The van der Waals surface area contributed by atoms with Gasteiger partial charge in [0.1, 0.15) is 5.78 Å². The Morgan fingerprint density at radius 1 is 1.50 bits per heavy atom. The van der Waals surface area contributed by atoms with E-state index in [1.54, 1.807) is 0 Å². The molecule has 4 nitrogen and oxygen atoms in total. The predicted molar refractivity (Wildman–Crippen MR) is 62.8 cm³/mol. The number of nitrogens with zero attached hydrogens (tertiary/aromatic N) is 1. The maximum atomic E-state index is 11.8.